The summed E-state index contributed by atoms with van der Waals surface area (Å²) in [6.45, 7) is 1.86. The first-order valence-corrected chi connectivity index (χ1v) is 9.62. The van der Waals surface area contributed by atoms with Crippen LogP contribution in [0.4, 0.5) is 5.00 Å². The Morgan fingerprint density at radius 2 is 2.12 bits per heavy atom. The number of thiophene rings is 1. The highest BCUT2D eigenvalue weighted by molar-refractivity contribution is 7.17. The summed E-state index contributed by atoms with van der Waals surface area (Å²) < 4.78 is 10.6. The van der Waals surface area contributed by atoms with Crippen molar-refractivity contribution in [1.29, 1.82) is 0 Å². The molecule has 0 unspecified atom stereocenters. The van der Waals surface area contributed by atoms with E-state index in [-0.39, 0.29) is 18.5 Å². The molecule has 1 amide bonds. The second-order valence-electron chi connectivity index (χ2n) is 5.81. The third-order valence-electron chi connectivity index (χ3n) is 3.95. The second kappa shape index (κ2) is 8.51. The topological polar surface area (TPSA) is 77.5 Å². The molecule has 1 aliphatic carbocycles. The number of pyridine rings is 1. The minimum atomic E-state index is -0.387. The number of carbonyl (C=O) groups is 2. The number of halogens is 1. The molecule has 2 aromatic heterocycles. The average molecular weight is 395 g/mol. The Bertz CT molecular complexity index is 822. The predicted molar refractivity (Wildman–Crippen MR) is 100 cm³/mol. The van der Waals surface area contributed by atoms with Gasteiger partial charge in [0.15, 0.2) is 6.61 Å². The van der Waals surface area contributed by atoms with Crippen LogP contribution < -0.4 is 10.1 Å². The number of hydrogen-bond acceptors (Lipinski definition) is 6. The fourth-order valence-electron chi connectivity index (χ4n) is 2.86. The van der Waals surface area contributed by atoms with Gasteiger partial charge in [0.1, 0.15) is 10.8 Å². The number of carbonyl (C=O) groups excluding carboxylic acids is 2. The lowest BCUT2D eigenvalue weighted by molar-refractivity contribution is -0.118. The number of nitrogens with one attached hydrogen (secondary N) is 1. The van der Waals surface area contributed by atoms with Crippen molar-refractivity contribution < 1.29 is 19.1 Å². The molecule has 0 radical (unpaired) electrons. The number of ether oxygens (including phenoxy) is 2. The van der Waals surface area contributed by atoms with Crippen LogP contribution in [0.15, 0.2) is 18.5 Å². The van der Waals surface area contributed by atoms with Gasteiger partial charge in [0.05, 0.1) is 23.4 Å². The minimum absolute atomic E-state index is 0.202. The highest BCUT2D eigenvalue weighted by Gasteiger charge is 2.27. The maximum absolute atomic E-state index is 12.4. The number of aromatic nitrogens is 1. The molecule has 0 fully saturated rings. The van der Waals surface area contributed by atoms with Gasteiger partial charge in [0, 0.05) is 17.1 Å². The van der Waals surface area contributed by atoms with Gasteiger partial charge < -0.3 is 14.8 Å². The van der Waals surface area contributed by atoms with Gasteiger partial charge in [-0.1, -0.05) is 11.6 Å². The highest BCUT2D eigenvalue weighted by atomic mass is 35.5. The van der Waals surface area contributed by atoms with E-state index in [1.807, 2.05) is 0 Å². The van der Waals surface area contributed by atoms with Gasteiger partial charge in [-0.3, -0.25) is 9.78 Å². The van der Waals surface area contributed by atoms with Crippen molar-refractivity contribution in [3.63, 3.8) is 0 Å². The van der Waals surface area contributed by atoms with E-state index < -0.39 is 0 Å². The molecular weight excluding hydrogens is 376 g/mol. The van der Waals surface area contributed by atoms with Crippen LogP contribution in [-0.2, 0) is 22.4 Å². The van der Waals surface area contributed by atoms with E-state index in [0.29, 0.717) is 27.9 Å². The lowest BCUT2D eigenvalue weighted by atomic mass is 9.95. The molecule has 3 rings (SSSR count). The number of nitrogens with zero attached hydrogens (tertiary/aromatic N) is 1. The third-order valence-corrected chi connectivity index (χ3v) is 5.37. The Morgan fingerprint density at radius 3 is 2.88 bits per heavy atom. The van der Waals surface area contributed by atoms with Crippen LogP contribution in [0, 0.1) is 0 Å². The Hall–Kier alpha value is -2.12. The van der Waals surface area contributed by atoms with Crippen LogP contribution in [0.25, 0.3) is 0 Å². The SMILES string of the molecule is CCOC(=O)c1c(NC(=O)COc2cncc(Cl)c2)sc2c1CCCC2. The van der Waals surface area contributed by atoms with Gasteiger partial charge in [-0.2, -0.15) is 0 Å². The van der Waals surface area contributed by atoms with Gasteiger partial charge in [0.25, 0.3) is 5.91 Å². The summed E-state index contributed by atoms with van der Waals surface area (Å²) in [5.74, 6) is -0.333. The fraction of sp³-hybridized carbons (Fsp3) is 0.389. The maximum atomic E-state index is 12.4. The number of fused-ring (bicyclic) bond motifs is 1. The Labute approximate surface area is 160 Å². The van der Waals surface area contributed by atoms with Crippen LogP contribution in [0.2, 0.25) is 5.02 Å². The molecule has 26 heavy (non-hydrogen) atoms. The quantitative estimate of drug-likeness (QED) is 0.752. The second-order valence-corrected chi connectivity index (χ2v) is 7.35. The summed E-state index contributed by atoms with van der Waals surface area (Å²) in [4.78, 5) is 29.7. The van der Waals surface area contributed by atoms with Gasteiger partial charge >= 0.3 is 5.97 Å². The van der Waals surface area contributed by atoms with Crippen molar-refractivity contribution >= 4 is 39.8 Å². The van der Waals surface area contributed by atoms with Gasteiger partial charge in [-0.05, 0) is 38.2 Å². The molecule has 0 aromatic carbocycles. The zero-order chi connectivity index (χ0) is 18.5. The zero-order valence-corrected chi connectivity index (χ0v) is 15.9. The van der Waals surface area contributed by atoms with Crippen LogP contribution in [0.3, 0.4) is 0 Å². The summed E-state index contributed by atoms with van der Waals surface area (Å²) in [6, 6.07) is 1.58. The first kappa shape index (κ1) is 18.7. The molecule has 0 bridgehead atoms. The van der Waals surface area contributed by atoms with E-state index in [9.17, 15) is 9.59 Å². The smallest absolute Gasteiger partial charge is 0.341 e. The summed E-state index contributed by atoms with van der Waals surface area (Å²) in [7, 11) is 0. The van der Waals surface area contributed by atoms with E-state index in [1.165, 1.54) is 23.7 Å². The number of hydrogen-bond donors (Lipinski definition) is 1. The average Bonchev–Trinajstić information content (AvgIpc) is 2.98. The van der Waals surface area contributed by atoms with Crippen molar-refractivity contribution in [3.05, 3.63) is 39.5 Å². The molecule has 138 valence electrons. The molecule has 8 heteroatoms. The highest BCUT2D eigenvalue weighted by Crippen LogP contribution is 2.38. The molecule has 1 aliphatic rings. The van der Waals surface area contributed by atoms with E-state index in [4.69, 9.17) is 21.1 Å². The van der Waals surface area contributed by atoms with Gasteiger partial charge in [-0.15, -0.1) is 11.3 Å². The third kappa shape index (κ3) is 4.34. The first-order valence-electron chi connectivity index (χ1n) is 8.43. The van der Waals surface area contributed by atoms with Crippen LogP contribution in [0.5, 0.6) is 5.75 Å². The molecule has 2 heterocycles. The number of esters is 1. The van der Waals surface area contributed by atoms with E-state index in [0.717, 1.165) is 36.1 Å². The molecule has 0 saturated carbocycles. The lowest BCUT2D eigenvalue weighted by Crippen LogP contribution is -2.21. The normalized spacial score (nSPS) is 13.0. The Morgan fingerprint density at radius 1 is 1.31 bits per heavy atom. The van der Waals surface area contributed by atoms with Crippen molar-refractivity contribution in [3.8, 4) is 5.75 Å². The van der Waals surface area contributed by atoms with Crippen molar-refractivity contribution in [1.82, 2.24) is 4.98 Å². The predicted octanol–water partition coefficient (Wildman–Crippen LogP) is 3.87. The van der Waals surface area contributed by atoms with Crippen molar-refractivity contribution in [2.75, 3.05) is 18.5 Å². The zero-order valence-electron chi connectivity index (χ0n) is 14.3. The lowest BCUT2D eigenvalue weighted by Gasteiger charge is -2.12. The summed E-state index contributed by atoms with van der Waals surface area (Å²) >= 11 is 7.29. The summed E-state index contributed by atoms with van der Waals surface area (Å²) in [6.07, 6.45) is 6.85. The number of anilines is 1. The maximum Gasteiger partial charge on any atom is 0.341 e. The summed E-state index contributed by atoms with van der Waals surface area (Å²) in [5.41, 5.74) is 1.50. The van der Waals surface area contributed by atoms with E-state index in [2.05, 4.69) is 10.3 Å². The molecule has 0 atom stereocenters. The molecule has 1 N–H and O–H groups in total. The molecule has 6 nitrogen and oxygen atoms in total. The number of amides is 1. The minimum Gasteiger partial charge on any atom is -0.482 e. The monoisotopic (exact) mass is 394 g/mol. The standard InChI is InChI=1S/C18H19ClN2O4S/c1-2-24-18(23)16-13-5-3-4-6-14(13)26-17(16)21-15(22)10-25-12-7-11(19)8-20-9-12/h7-9H,2-6,10H2,1H3,(H,21,22). The van der Waals surface area contributed by atoms with E-state index in [1.54, 1.807) is 13.0 Å². The van der Waals surface area contributed by atoms with Crippen molar-refractivity contribution in [2.45, 2.75) is 32.6 Å². The molecule has 0 spiro atoms. The number of rotatable bonds is 6. The van der Waals surface area contributed by atoms with Crippen LogP contribution in [0.1, 0.15) is 40.6 Å². The number of aryl methyl sites for hydroxylation is 1. The van der Waals surface area contributed by atoms with E-state index >= 15 is 0 Å². The molecular formula is C18H19ClN2O4S. The summed E-state index contributed by atoms with van der Waals surface area (Å²) in [5, 5.41) is 3.76. The molecule has 0 saturated heterocycles. The molecule has 2 aromatic rings. The van der Waals surface area contributed by atoms with Crippen LogP contribution >= 0.6 is 22.9 Å². The largest absolute Gasteiger partial charge is 0.482 e. The van der Waals surface area contributed by atoms with Gasteiger partial charge in [-0.25, -0.2) is 4.79 Å². The fourth-order valence-corrected chi connectivity index (χ4v) is 4.31. The van der Waals surface area contributed by atoms with Crippen LogP contribution in [-0.4, -0.2) is 30.1 Å². The molecule has 0 aliphatic heterocycles. The Balaban J connectivity index is 1.73. The van der Waals surface area contributed by atoms with Crippen molar-refractivity contribution in [2.24, 2.45) is 0 Å². The van der Waals surface area contributed by atoms with Gasteiger partial charge in [0.2, 0.25) is 0 Å². The first-order chi connectivity index (χ1) is 12.6. The Kier molecular flexibility index (Phi) is 6.11.